The van der Waals surface area contributed by atoms with Gasteiger partial charge in [-0.05, 0) is 26.7 Å². The average molecular weight is 416 g/mol. The SMILES string of the molecule is Cc1nc(-c2ccccc2)c(C(=O)O[C@@H](C)C(=O)NC(=O)NC2CCCCC2)s1. The van der Waals surface area contributed by atoms with Gasteiger partial charge in [-0.25, -0.2) is 14.6 Å². The Morgan fingerprint density at radius 2 is 1.83 bits per heavy atom. The summed E-state index contributed by atoms with van der Waals surface area (Å²) in [5, 5.41) is 5.78. The van der Waals surface area contributed by atoms with E-state index >= 15 is 0 Å². The molecule has 0 aliphatic heterocycles. The van der Waals surface area contributed by atoms with E-state index in [0.29, 0.717) is 10.6 Å². The zero-order chi connectivity index (χ0) is 20.8. The first-order valence-electron chi connectivity index (χ1n) is 9.79. The van der Waals surface area contributed by atoms with Crippen molar-refractivity contribution < 1.29 is 19.1 Å². The Labute approximate surface area is 173 Å². The molecule has 1 fully saturated rings. The number of benzene rings is 1. The summed E-state index contributed by atoms with van der Waals surface area (Å²) < 4.78 is 5.30. The molecule has 3 amide bonds. The number of thiazole rings is 1. The minimum absolute atomic E-state index is 0.0861. The van der Waals surface area contributed by atoms with Gasteiger partial charge >= 0.3 is 12.0 Å². The summed E-state index contributed by atoms with van der Waals surface area (Å²) in [6, 6.07) is 8.85. The van der Waals surface area contributed by atoms with Crippen LogP contribution in [0, 0.1) is 6.92 Å². The molecule has 0 unspecified atom stereocenters. The van der Waals surface area contributed by atoms with Gasteiger partial charge in [0.2, 0.25) is 0 Å². The monoisotopic (exact) mass is 415 g/mol. The summed E-state index contributed by atoms with van der Waals surface area (Å²) >= 11 is 1.21. The summed E-state index contributed by atoms with van der Waals surface area (Å²) in [4.78, 5) is 41.7. The maximum Gasteiger partial charge on any atom is 0.351 e. The number of amides is 3. The molecule has 2 N–H and O–H groups in total. The summed E-state index contributed by atoms with van der Waals surface area (Å²) in [6.07, 6.45) is 4.05. The molecule has 1 aliphatic carbocycles. The van der Waals surface area contributed by atoms with E-state index in [0.717, 1.165) is 36.3 Å². The van der Waals surface area contributed by atoms with E-state index in [2.05, 4.69) is 15.6 Å². The van der Waals surface area contributed by atoms with E-state index < -0.39 is 24.0 Å². The molecule has 2 aromatic rings. The number of hydrogen-bond acceptors (Lipinski definition) is 6. The highest BCUT2D eigenvalue weighted by molar-refractivity contribution is 7.14. The first kappa shape index (κ1) is 21.0. The van der Waals surface area contributed by atoms with Crippen LogP contribution in [-0.4, -0.2) is 35.0 Å². The van der Waals surface area contributed by atoms with Crippen molar-refractivity contribution in [3.05, 3.63) is 40.2 Å². The Bertz CT molecular complexity index is 875. The molecule has 1 aromatic heterocycles. The van der Waals surface area contributed by atoms with Crippen molar-refractivity contribution >= 4 is 29.2 Å². The number of urea groups is 1. The van der Waals surface area contributed by atoms with Crippen LogP contribution in [0.4, 0.5) is 4.79 Å². The van der Waals surface area contributed by atoms with Gasteiger partial charge < -0.3 is 10.1 Å². The molecule has 29 heavy (non-hydrogen) atoms. The van der Waals surface area contributed by atoms with Gasteiger partial charge in [-0.15, -0.1) is 11.3 Å². The molecule has 8 heteroatoms. The van der Waals surface area contributed by atoms with Crippen molar-refractivity contribution in [2.45, 2.75) is 58.1 Å². The molecule has 1 atom stereocenters. The minimum atomic E-state index is -1.11. The molecule has 1 heterocycles. The van der Waals surface area contributed by atoms with E-state index in [4.69, 9.17) is 4.74 Å². The van der Waals surface area contributed by atoms with E-state index in [1.807, 2.05) is 30.3 Å². The normalized spacial score (nSPS) is 15.4. The molecule has 0 spiro atoms. The number of carbonyl (C=O) groups is 3. The molecule has 0 bridgehead atoms. The summed E-state index contributed by atoms with van der Waals surface area (Å²) in [5.41, 5.74) is 1.33. The number of imide groups is 1. The lowest BCUT2D eigenvalue weighted by molar-refractivity contribution is -0.127. The highest BCUT2D eigenvalue weighted by Crippen LogP contribution is 2.28. The van der Waals surface area contributed by atoms with Gasteiger partial charge in [0, 0.05) is 11.6 Å². The Balaban J connectivity index is 1.59. The summed E-state index contributed by atoms with van der Waals surface area (Å²) in [7, 11) is 0. The fraction of sp³-hybridized carbons (Fsp3) is 0.429. The third-order valence-corrected chi connectivity index (χ3v) is 5.75. The van der Waals surface area contributed by atoms with Crippen LogP contribution in [0.3, 0.4) is 0 Å². The van der Waals surface area contributed by atoms with E-state index in [1.165, 1.54) is 24.7 Å². The number of carbonyl (C=O) groups excluding carboxylic acids is 3. The number of aromatic nitrogens is 1. The van der Waals surface area contributed by atoms with Gasteiger partial charge in [0.25, 0.3) is 5.91 Å². The van der Waals surface area contributed by atoms with Crippen molar-refractivity contribution in [2.24, 2.45) is 0 Å². The number of hydrogen-bond donors (Lipinski definition) is 2. The maximum absolute atomic E-state index is 12.6. The topological polar surface area (TPSA) is 97.4 Å². The molecule has 3 rings (SSSR count). The highest BCUT2D eigenvalue weighted by atomic mass is 32.1. The largest absolute Gasteiger partial charge is 0.448 e. The molecular formula is C21H25N3O4S. The second kappa shape index (κ2) is 9.65. The van der Waals surface area contributed by atoms with Crippen LogP contribution in [0.15, 0.2) is 30.3 Å². The highest BCUT2D eigenvalue weighted by Gasteiger charge is 2.26. The van der Waals surface area contributed by atoms with Gasteiger partial charge in [0.05, 0.1) is 10.7 Å². The molecule has 0 radical (unpaired) electrons. The number of rotatable bonds is 5. The molecule has 1 saturated carbocycles. The Morgan fingerprint density at radius 3 is 2.52 bits per heavy atom. The molecule has 7 nitrogen and oxygen atoms in total. The van der Waals surface area contributed by atoms with Crippen molar-refractivity contribution in [3.8, 4) is 11.3 Å². The van der Waals surface area contributed by atoms with E-state index in [9.17, 15) is 14.4 Å². The Morgan fingerprint density at radius 1 is 1.14 bits per heavy atom. The number of esters is 1. The van der Waals surface area contributed by atoms with Gasteiger partial charge in [-0.1, -0.05) is 49.6 Å². The van der Waals surface area contributed by atoms with Gasteiger partial charge in [0.15, 0.2) is 6.10 Å². The molecular weight excluding hydrogens is 390 g/mol. The van der Waals surface area contributed by atoms with Crippen molar-refractivity contribution in [1.82, 2.24) is 15.6 Å². The van der Waals surface area contributed by atoms with Gasteiger partial charge in [0.1, 0.15) is 4.88 Å². The zero-order valence-corrected chi connectivity index (χ0v) is 17.4. The predicted octanol–water partition coefficient (Wildman–Crippen LogP) is 3.82. The van der Waals surface area contributed by atoms with Crippen molar-refractivity contribution in [3.63, 3.8) is 0 Å². The second-order valence-corrected chi connectivity index (χ2v) is 8.33. The van der Waals surface area contributed by atoms with Crippen LogP contribution in [-0.2, 0) is 9.53 Å². The lowest BCUT2D eigenvalue weighted by Gasteiger charge is -2.23. The van der Waals surface area contributed by atoms with Crippen LogP contribution in [0.25, 0.3) is 11.3 Å². The van der Waals surface area contributed by atoms with E-state index in [-0.39, 0.29) is 6.04 Å². The van der Waals surface area contributed by atoms with Crippen molar-refractivity contribution in [2.75, 3.05) is 0 Å². The first-order chi connectivity index (χ1) is 13.9. The molecule has 1 aromatic carbocycles. The van der Waals surface area contributed by atoms with Crippen molar-refractivity contribution in [1.29, 1.82) is 0 Å². The van der Waals surface area contributed by atoms with Crippen LogP contribution >= 0.6 is 11.3 Å². The molecule has 0 saturated heterocycles. The Hall–Kier alpha value is -2.74. The fourth-order valence-electron chi connectivity index (χ4n) is 3.31. The second-order valence-electron chi connectivity index (χ2n) is 7.12. The fourth-order valence-corrected chi connectivity index (χ4v) is 4.13. The zero-order valence-electron chi connectivity index (χ0n) is 16.6. The first-order valence-corrected chi connectivity index (χ1v) is 10.6. The molecule has 1 aliphatic rings. The van der Waals surface area contributed by atoms with Crippen LogP contribution in [0.1, 0.15) is 53.7 Å². The Kier molecular flexibility index (Phi) is 6.98. The van der Waals surface area contributed by atoms with E-state index in [1.54, 1.807) is 6.92 Å². The van der Waals surface area contributed by atoms with Gasteiger partial charge in [-0.3, -0.25) is 10.1 Å². The average Bonchev–Trinajstić information content (AvgIpc) is 3.11. The minimum Gasteiger partial charge on any atom is -0.448 e. The maximum atomic E-state index is 12.6. The predicted molar refractivity (Wildman–Crippen MR) is 111 cm³/mol. The van der Waals surface area contributed by atoms with Crippen LogP contribution < -0.4 is 10.6 Å². The third kappa shape index (κ3) is 5.63. The van der Waals surface area contributed by atoms with Crippen LogP contribution in [0.2, 0.25) is 0 Å². The van der Waals surface area contributed by atoms with Gasteiger partial charge in [-0.2, -0.15) is 0 Å². The quantitative estimate of drug-likeness (QED) is 0.724. The number of nitrogens with one attached hydrogen (secondary N) is 2. The number of aryl methyl sites for hydroxylation is 1. The summed E-state index contributed by atoms with van der Waals surface area (Å²) in [5.74, 6) is -1.29. The lowest BCUT2D eigenvalue weighted by Crippen LogP contribution is -2.48. The molecule has 154 valence electrons. The van der Waals surface area contributed by atoms with Crippen LogP contribution in [0.5, 0.6) is 0 Å². The smallest absolute Gasteiger partial charge is 0.351 e. The summed E-state index contributed by atoms with van der Waals surface area (Å²) in [6.45, 7) is 3.25. The standard InChI is InChI=1S/C21H25N3O4S/c1-13(19(25)24-21(27)23-16-11-7-4-8-12-16)28-20(26)18-17(22-14(2)29-18)15-9-5-3-6-10-15/h3,5-6,9-10,13,16H,4,7-8,11-12H2,1-2H3,(H2,23,24,25,27)/t13-/m0/s1. The lowest BCUT2D eigenvalue weighted by atomic mass is 9.96. The number of ether oxygens (including phenoxy) is 1. The third-order valence-electron chi connectivity index (χ3n) is 4.80. The number of nitrogens with zero attached hydrogens (tertiary/aromatic N) is 1.